The minimum atomic E-state index is -0.369. The Hall–Kier alpha value is -3.59. The standard InChI is InChI=1S/C25H21Cl2N5O3/c1-34-9-10-35-17-7-8-31-21(14-28-22(31)11-17)25(33)30-23-18-13-29-32(15-16-5-3-2-4-6-16)24(18)20(27)12-19(23)26/h2-8,11-14H,9-10,15H2,1H3,(H,30,33). The predicted octanol–water partition coefficient (Wildman–Crippen LogP) is 5.32. The molecule has 0 aliphatic carbocycles. The number of anilines is 1. The molecule has 0 unspecified atom stereocenters. The summed E-state index contributed by atoms with van der Waals surface area (Å²) in [6.45, 7) is 1.43. The van der Waals surface area contributed by atoms with E-state index in [2.05, 4.69) is 15.4 Å². The Morgan fingerprint density at radius 2 is 1.89 bits per heavy atom. The van der Waals surface area contributed by atoms with Crippen molar-refractivity contribution in [3.63, 3.8) is 0 Å². The summed E-state index contributed by atoms with van der Waals surface area (Å²) in [4.78, 5) is 17.6. The molecule has 8 nitrogen and oxygen atoms in total. The van der Waals surface area contributed by atoms with Crippen LogP contribution in [0.2, 0.25) is 10.0 Å². The second kappa shape index (κ2) is 9.95. The average Bonchev–Trinajstić information content (AvgIpc) is 3.47. The molecule has 2 aromatic carbocycles. The van der Waals surface area contributed by atoms with Crippen molar-refractivity contribution in [1.82, 2.24) is 19.2 Å². The molecule has 3 aromatic heterocycles. The number of benzene rings is 2. The van der Waals surface area contributed by atoms with Crippen LogP contribution in [0.1, 0.15) is 16.1 Å². The molecular weight excluding hydrogens is 489 g/mol. The molecule has 0 aliphatic heterocycles. The van der Waals surface area contributed by atoms with Gasteiger partial charge < -0.3 is 14.8 Å². The summed E-state index contributed by atoms with van der Waals surface area (Å²) in [5.41, 5.74) is 3.12. The Bertz CT molecular complexity index is 1510. The Kier molecular flexibility index (Phi) is 6.59. The van der Waals surface area contributed by atoms with E-state index < -0.39 is 0 Å². The third kappa shape index (κ3) is 4.68. The fourth-order valence-corrected chi connectivity index (χ4v) is 4.47. The van der Waals surface area contributed by atoms with Gasteiger partial charge in [0.1, 0.15) is 23.7 Å². The number of ether oxygens (including phenoxy) is 2. The molecule has 0 aliphatic rings. The van der Waals surface area contributed by atoms with Crippen LogP contribution in [0.15, 0.2) is 67.1 Å². The van der Waals surface area contributed by atoms with Crippen molar-refractivity contribution in [2.75, 3.05) is 25.6 Å². The maximum atomic E-state index is 13.2. The molecule has 1 amide bonds. The van der Waals surface area contributed by atoms with Gasteiger partial charge in [-0.1, -0.05) is 53.5 Å². The number of halogens is 2. The zero-order chi connectivity index (χ0) is 24.4. The lowest BCUT2D eigenvalue weighted by Crippen LogP contribution is -2.15. The zero-order valence-corrected chi connectivity index (χ0v) is 20.3. The number of nitrogens with zero attached hydrogens (tertiary/aromatic N) is 4. The summed E-state index contributed by atoms with van der Waals surface area (Å²) in [5.74, 6) is 0.271. The van der Waals surface area contributed by atoms with E-state index in [0.717, 1.165) is 5.56 Å². The highest BCUT2D eigenvalue weighted by Gasteiger charge is 2.20. The molecule has 3 heterocycles. The molecule has 0 spiro atoms. The van der Waals surface area contributed by atoms with Gasteiger partial charge in [0.05, 0.1) is 46.8 Å². The van der Waals surface area contributed by atoms with Gasteiger partial charge in [0.25, 0.3) is 5.91 Å². The molecule has 35 heavy (non-hydrogen) atoms. The lowest BCUT2D eigenvalue weighted by atomic mass is 10.2. The number of nitrogens with one attached hydrogen (secondary N) is 1. The summed E-state index contributed by atoms with van der Waals surface area (Å²) >= 11 is 13.0. The van der Waals surface area contributed by atoms with E-state index in [1.807, 2.05) is 30.3 Å². The first kappa shape index (κ1) is 23.2. The molecule has 0 saturated carbocycles. The Balaban J connectivity index is 1.44. The van der Waals surface area contributed by atoms with Gasteiger partial charge in [-0.2, -0.15) is 5.10 Å². The topological polar surface area (TPSA) is 82.7 Å². The highest BCUT2D eigenvalue weighted by molar-refractivity contribution is 6.41. The van der Waals surface area contributed by atoms with Crippen LogP contribution in [0.25, 0.3) is 16.6 Å². The summed E-state index contributed by atoms with van der Waals surface area (Å²) in [5, 5.41) is 8.83. The average molecular weight is 510 g/mol. The lowest BCUT2D eigenvalue weighted by Gasteiger charge is -2.11. The summed E-state index contributed by atoms with van der Waals surface area (Å²) in [7, 11) is 1.61. The first-order valence-electron chi connectivity index (χ1n) is 10.8. The highest BCUT2D eigenvalue weighted by Crippen LogP contribution is 2.37. The van der Waals surface area contributed by atoms with E-state index in [0.29, 0.717) is 63.5 Å². The smallest absolute Gasteiger partial charge is 0.274 e. The monoisotopic (exact) mass is 509 g/mol. The molecule has 0 bridgehead atoms. The van der Waals surface area contributed by atoms with Gasteiger partial charge in [-0.05, 0) is 17.7 Å². The van der Waals surface area contributed by atoms with E-state index >= 15 is 0 Å². The molecule has 1 N–H and O–H groups in total. The van der Waals surface area contributed by atoms with Crippen molar-refractivity contribution < 1.29 is 14.3 Å². The minimum Gasteiger partial charge on any atom is -0.491 e. The van der Waals surface area contributed by atoms with E-state index in [4.69, 9.17) is 32.7 Å². The number of carbonyl (C=O) groups is 1. The van der Waals surface area contributed by atoms with Crippen LogP contribution >= 0.6 is 23.2 Å². The van der Waals surface area contributed by atoms with Crippen LogP contribution in [0.4, 0.5) is 5.69 Å². The molecule has 0 saturated heterocycles. The normalized spacial score (nSPS) is 11.3. The molecule has 5 rings (SSSR count). The van der Waals surface area contributed by atoms with Gasteiger partial charge in [-0.25, -0.2) is 4.98 Å². The van der Waals surface area contributed by atoms with E-state index in [1.165, 1.54) is 6.20 Å². The molecule has 10 heteroatoms. The molecule has 0 radical (unpaired) electrons. The van der Waals surface area contributed by atoms with Crippen LogP contribution in [-0.2, 0) is 11.3 Å². The maximum Gasteiger partial charge on any atom is 0.274 e. The van der Waals surface area contributed by atoms with E-state index in [9.17, 15) is 4.79 Å². The first-order valence-corrected chi connectivity index (χ1v) is 11.6. The van der Waals surface area contributed by atoms with E-state index in [1.54, 1.807) is 46.8 Å². The number of aromatic nitrogens is 4. The van der Waals surface area contributed by atoms with E-state index in [-0.39, 0.29) is 5.91 Å². The number of rotatable bonds is 8. The quantitative estimate of drug-likeness (QED) is 0.286. The van der Waals surface area contributed by atoms with Crippen LogP contribution in [0.3, 0.4) is 0 Å². The predicted molar refractivity (Wildman–Crippen MR) is 136 cm³/mol. The Morgan fingerprint density at radius 3 is 2.69 bits per heavy atom. The number of pyridine rings is 1. The number of imidazole rings is 1. The molecule has 178 valence electrons. The summed E-state index contributed by atoms with van der Waals surface area (Å²) in [6.07, 6.45) is 4.89. The van der Waals surface area contributed by atoms with Gasteiger partial charge in [0.2, 0.25) is 0 Å². The fourth-order valence-electron chi connectivity index (χ4n) is 3.84. The number of amides is 1. The van der Waals surface area contributed by atoms with Crippen molar-refractivity contribution in [3.8, 4) is 5.75 Å². The third-order valence-corrected chi connectivity index (χ3v) is 6.10. The maximum absolute atomic E-state index is 13.2. The van der Waals surface area contributed by atoms with Gasteiger partial charge >= 0.3 is 0 Å². The molecule has 5 aromatic rings. The number of hydrogen-bond acceptors (Lipinski definition) is 5. The minimum absolute atomic E-state index is 0.317. The van der Waals surface area contributed by atoms with Gasteiger partial charge in [0.15, 0.2) is 0 Å². The SMILES string of the molecule is COCCOc1ccn2c(C(=O)Nc3c(Cl)cc(Cl)c4c3cnn4Cc3ccccc3)cnc2c1. The lowest BCUT2D eigenvalue weighted by molar-refractivity contribution is 0.102. The number of fused-ring (bicyclic) bond motifs is 2. The highest BCUT2D eigenvalue weighted by atomic mass is 35.5. The van der Waals surface area contributed by atoms with Crippen molar-refractivity contribution in [2.24, 2.45) is 0 Å². The van der Waals surface area contributed by atoms with Crippen molar-refractivity contribution in [2.45, 2.75) is 6.54 Å². The summed E-state index contributed by atoms with van der Waals surface area (Å²) in [6, 6.07) is 15.1. The number of hydrogen-bond donors (Lipinski definition) is 1. The second-order valence-corrected chi connectivity index (χ2v) is 8.61. The van der Waals surface area contributed by atoms with Crippen LogP contribution in [0.5, 0.6) is 5.75 Å². The Morgan fingerprint density at radius 1 is 1.06 bits per heavy atom. The van der Waals surface area contributed by atoms with Crippen LogP contribution < -0.4 is 10.1 Å². The summed E-state index contributed by atoms with van der Waals surface area (Å²) < 4.78 is 14.1. The molecule has 0 fully saturated rings. The first-order chi connectivity index (χ1) is 17.0. The van der Waals surface area contributed by atoms with Crippen LogP contribution in [0, 0.1) is 0 Å². The van der Waals surface area contributed by atoms with Crippen LogP contribution in [-0.4, -0.2) is 45.4 Å². The fraction of sp³-hybridized carbons (Fsp3) is 0.160. The largest absolute Gasteiger partial charge is 0.491 e. The second-order valence-electron chi connectivity index (χ2n) is 7.79. The molecular formula is C25H21Cl2N5O3. The molecule has 0 atom stereocenters. The van der Waals surface area contributed by atoms with Gasteiger partial charge in [0, 0.05) is 24.8 Å². The number of methoxy groups -OCH3 is 1. The van der Waals surface area contributed by atoms with Crippen molar-refractivity contribution in [1.29, 1.82) is 0 Å². The Labute approximate surface area is 211 Å². The van der Waals surface area contributed by atoms with Crippen molar-refractivity contribution in [3.05, 3.63) is 88.4 Å². The van der Waals surface area contributed by atoms with Gasteiger partial charge in [-0.15, -0.1) is 0 Å². The number of carbonyl (C=O) groups excluding carboxylic acids is 1. The zero-order valence-electron chi connectivity index (χ0n) is 18.7. The van der Waals surface area contributed by atoms with Gasteiger partial charge in [-0.3, -0.25) is 13.9 Å². The third-order valence-electron chi connectivity index (χ3n) is 5.51. The van der Waals surface area contributed by atoms with Crippen molar-refractivity contribution >= 4 is 51.3 Å².